The quantitative estimate of drug-likeness (QED) is 0.585. The average molecular weight is 439 g/mol. The maximum atomic E-state index is 14.8. The first-order valence-electron chi connectivity index (χ1n) is 9.85. The lowest BCUT2D eigenvalue weighted by atomic mass is 9.83. The second-order valence-electron chi connectivity index (χ2n) is 7.69. The summed E-state index contributed by atoms with van der Waals surface area (Å²) < 4.78 is 28.2. The molecule has 1 saturated heterocycles. The number of nitrogens with zero attached hydrogens (tertiary/aromatic N) is 2. The minimum absolute atomic E-state index is 0.106. The number of carbonyl (C=O) groups is 2. The number of rotatable bonds is 2. The molecule has 1 atom stereocenters. The van der Waals surface area contributed by atoms with E-state index in [9.17, 15) is 18.4 Å². The zero-order chi connectivity index (χ0) is 21.8. The van der Waals surface area contributed by atoms with Crippen molar-refractivity contribution >= 4 is 23.4 Å². The molecule has 2 aliphatic rings. The van der Waals surface area contributed by atoms with Gasteiger partial charge >= 0.3 is 0 Å². The van der Waals surface area contributed by atoms with Crippen LogP contribution in [0.4, 0.5) is 8.78 Å². The van der Waals surface area contributed by atoms with E-state index in [0.717, 1.165) is 0 Å². The maximum Gasteiger partial charge on any atom is 0.256 e. The molecule has 0 N–H and O–H groups in total. The summed E-state index contributed by atoms with van der Waals surface area (Å²) in [5, 5.41) is 0.509. The lowest BCUT2D eigenvalue weighted by Gasteiger charge is -2.47. The molecule has 0 aromatic heterocycles. The Bertz CT molecular complexity index is 1200. The zero-order valence-electron chi connectivity index (χ0n) is 16.3. The number of hydrogen-bond acceptors (Lipinski definition) is 2. The van der Waals surface area contributed by atoms with E-state index >= 15 is 0 Å². The molecule has 0 bridgehead atoms. The van der Waals surface area contributed by atoms with E-state index in [4.69, 9.17) is 11.6 Å². The molecular weight excluding hydrogens is 422 g/mol. The summed E-state index contributed by atoms with van der Waals surface area (Å²) in [6.07, 6.45) is 0.106. The molecule has 5 rings (SSSR count). The highest BCUT2D eigenvalue weighted by atomic mass is 35.5. The van der Waals surface area contributed by atoms with E-state index in [1.807, 2.05) is 0 Å². The molecule has 0 radical (unpaired) electrons. The zero-order valence-corrected chi connectivity index (χ0v) is 17.1. The summed E-state index contributed by atoms with van der Waals surface area (Å²) >= 11 is 6.08. The van der Waals surface area contributed by atoms with Crippen molar-refractivity contribution in [1.29, 1.82) is 0 Å². The van der Waals surface area contributed by atoms with Crippen molar-refractivity contribution in [2.24, 2.45) is 0 Å². The molecule has 0 spiro atoms. The number of carbonyl (C=O) groups excluding carboxylic acids is 2. The number of amides is 2. The largest absolute Gasteiger partial charge is 0.309 e. The summed E-state index contributed by atoms with van der Waals surface area (Å²) in [6.45, 7) is 0.560. The third kappa shape index (κ3) is 2.93. The van der Waals surface area contributed by atoms with Crippen molar-refractivity contribution in [3.8, 4) is 0 Å². The van der Waals surface area contributed by atoms with Gasteiger partial charge in [-0.2, -0.15) is 0 Å². The highest BCUT2D eigenvalue weighted by Gasteiger charge is 2.56. The minimum Gasteiger partial charge on any atom is -0.309 e. The Kier molecular flexibility index (Phi) is 4.55. The van der Waals surface area contributed by atoms with Crippen LogP contribution >= 0.6 is 11.6 Å². The van der Waals surface area contributed by atoms with Gasteiger partial charge in [0.15, 0.2) is 0 Å². The number of hydrogen-bond donors (Lipinski definition) is 0. The van der Waals surface area contributed by atoms with Crippen molar-refractivity contribution in [1.82, 2.24) is 9.80 Å². The third-order valence-corrected chi connectivity index (χ3v) is 6.35. The maximum absolute atomic E-state index is 14.8. The van der Waals surface area contributed by atoms with Gasteiger partial charge in [0.2, 0.25) is 0 Å². The fraction of sp³-hybridized carbons (Fsp3) is 0.167. The number of fused-ring (bicyclic) bond motifs is 2. The van der Waals surface area contributed by atoms with E-state index in [-0.39, 0.29) is 30.3 Å². The molecule has 0 saturated carbocycles. The van der Waals surface area contributed by atoms with Crippen LogP contribution in [0.3, 0.4) is 0 Å². The standard InChI is InChI=1S/C24H17ClF2N2O2/c25-17-8-6-16(7-9-17)24-14-20-19(2-1-3-21(20)27)23(31)29(24)13-12-28(24)22(30)15-4-10-18(26)11-5-15/h1-11H,12-14H2. The van der Waals surface area contributed by atoms with Crippen molar-refractivity contribution in [3.63, 3.8) is 0 Å². The molecule has 2 heterocycles. The average Bonchev–Trinajstić information content (AvgIpc) is 3.16. The molecule has 1 fully saturated rings. The second kappa shape index (κ2) is 7.17. The predicted octanol–water partition coefficient (Wildman–Crippen LogP) is 4.63. The molecule has 7 heteroatoms. The van der Waals surface area contributed by atoms with Crippen molar-refractivity contribution < 1.29 is 18.4 Å². The Morgan fingerprint density at radius 3 is 2.35 bits per heavy atom. The third-order valence-electron chi connectivity index (χ3n) is 6.10. The van der Waals surface area contributed by atoms with Gasteiger partial charge in [0.1, 0.15) is 17.3 Å². The van der Waals surface area contributed by atoms with Crippen molar-refractivity contribution in [3.05, 3.63) is 106 Å². The van der Waals surface area contributed by atoms with Gasteiger partial charge in [-0.3, -0.25) is 9.59 Å². The summed E-state index contributed by atoms with van der Waals surface area (Å²) in [7, 11) is 0. The van der Waals surface area contributed by atoms with E-state index in [2.05, 4.69) is 0 Å². The first-order valence-corrected chi connectivity index (χ1v) is 10.2. The van der Waals surface area contributed by atoms with Gasteiger partial charge in [-0.1, -0.05) is 29.8 Å². The molecule has 31 heavy (non-hydrogen) atoms. The van der Waals surface area contributed by atoms with Crippen LogP contribution in [0.1, 0.15) is 31.8 Å². The van der Waals surface area contributed by atoms with Gasteiger partial charge in [-0.05, 0) is 54.1 Å². The topological polar surface area (TPSA) is 40.6 Å². The van der Waals surface area contributed by atoms with Crippen LogP contribution in [0.2, 0.25) is 5.02 Å². The van der Waals surface area contributed by atoms with Gasteiger partial charge in [0, 0.05) is 41.2 Å². The molecular formula is C24H17ClF2N2O2. The number of halogens is 3. The summed E-state index contributed by atoms with van der Waals surface area (Å²) in [6, 6.07) is 16.6. The van der Waals surface area contributed by atoms with E-state index in [0.29, 0.717) is 28.3 Å². The summed E-state index contributed by atoms with van der Waals surface area (Å²) in [5.41, 5.74) is 0.330. The van der Waals surface area contributed by atoms with Gasteiger partial charge in [-0.25, -0.2) is 8.78 Å². The molecule has 3 aromatic rings. The number of benzene rings is 3. The molecule has 4 nitrogen and oxygen atoms in total. The highest BCUT2D eigenvalue weighted by Crippen LogP contribution is 2.46. The van der Waals surface area contributed by atoms with Crippen LogP contribution in [0.5, 0.6) is 0 Å². The summed E-state index contributed by atoms with van der Waals surface area (Å²) in [5.74, 6) is -1.62. The molecule has 0 aliphatic carbocycles. The highest BCUT2D eigenvalue weighted by molar-refractivity contribution is 6.30. The van der Waals surface area contributed by atoms with Crippen LogP contribution in [0.25, 0.3) is 0 Å². The Morgan fingerprint density at radius 1 is 0.935 bits per heavy atom. The lowest BCUT2D eigenvalue weighted by molar-refractivity contribution is 0.00712. The van der Waals surface area contributed by atoms with Crippen LogP contribution in [0, 0.1) is 11.6 Å². The second-order valence-corrected chi connectivity index (χ2v) is 8.12. The summed E-state index contributed by atoms with van der Waals surface area (Å²) in [4.78, 5) is 30.1. The van der Waals surface area contributed by atoms with Crippen LogP contribution < -0.4 is 0 Å². The monoisotopic (exact) mass is 438 g/mol. The first kappa shape index (κ1) is 19.7. The normalized spacial score (nSPS) is 19.9. The smallest absolute Gasteiger partial charge is 0.256 e. The molecule has 1 unspecified atom stereocenters. The van der Waals surface area contributed by atoms with E-state index < -0.39 is 17.3 Å². The van der Waals surface area contributed by atoms with Crippen molar-refractivity contribution in [2.45, 2.75) is 12.1 Å². The fourth-order valence-electron chi connectivity index (χ4n) is 4.65. The Morgan fingerprint density at radius 2 is 1.65 bits per heavy atom. The van der Waals surface area contributed by atoms with Crippen LogP contribution in [0.15, 0.2) is 66.7 Å². The molecule has 156 valence electrons. The fourth-order valence-corrected chi connectivity index (χ4v) is 4.78. The van der Waals surface area contributed by atoms with Gasteiger partial charge < -0.3 is 9.80 Å². The van der Waals surface area contributed by atoms with Gasteiger partial charge in [0.25, 0.3) is 11.8 Å². The SMILES string of the molecule is O=C(c1ccc(F)cc1)N1CCN2C(=O)c3cccc(F)c3CC12c1ccc(Cl)cc1. The van der Waals surface area contributed by atoms with Crippen LogP contribution in [-0.2, 0) is 12.1 Å². The van der Waals surface area contributed by atoms with E-state index in [1.54, 1.807) is 40.1 Å². The predicted molar refractivity (Wildman–Crippen MR) is 112 cm³/mol. The van der Waals surface area contributed by atoms with Gasteiger partial charge in [0.05, 0.1) is 0 Å². The molecule has 2 amide bonds. The minimum atomic E-state index is -1.21. The first-order chi connectivity index (χ1) is 14.9. The Hall–Kier alpha value is -3.25. The van der Waals surface area contributed by atoms with E-state index in [1.165, 1.54) is 36.4 Å². The van der Waals surface area contributed by atoms with Gasteiger partial charge in [-0.15, -0.1) is 0 Å². The lowest BCUT2D eigenvalue weighted by Crippen LogP contribution is -2.58. The Balaban J connectivity index is 1.70. The van der Waals surface area contributed by atoms with Crippen molar-refractivity contribution in [2.75, 3.05) is 13.1 Å². The molecule has 2 aliphatic heterocycles. The molecule has 3 aromatic carbocycles. The Labute approximate surface area is 182 Å². The van der Waals surface area contributed by atoms with Crippen LogP contribution in [-0.4, -0.2) is 34.7 Å².